The van der Waals surface area contributed by atoms with E-state index < -0.39 is 33.7 Å². The smallest absolute Gasteiger partial charge is 0.335 e. The van der Waals surface area contributed by atoms with Crippen molar-refractivity contribution in [2.24, 2.45) is 0 Å². The van der Waals surface area contributed by atoms with Gasteiger partial charge in [0.2, 0.25) is 0 Å². The van der Waals surface area contributed by atoms with Gasteiger partial charge in [0, 0.05) is 12.2 Å². The van der Waals surface area contributed by atoms with E-state index in [2.05, 4.69) is 0 Å². The molecule has 0 amide bonds. The lowest BCUT2D eigenvalue weighted by molar-refractivity contribution is -0.135. The van der Waals surface area contributed by atoms with E-state index in [1.54, 1.807) is 50.2 Å². The largest absolute Gasteiger partial charge is 0.497 e. The van der Waals surface area contributed by atoms with Gasteiger partial charge in [-0.15, -0.1) is 0 Å². The van der Waals surface area contributed by atoms with E-state index in [0.717, 1.165) is 0 Å². The quantitative estimate of drug-likeness (QED) is 0.221. The third-order valence-corrected chi connectivity index (χ3v) is 7.40. The molecule has 0 spiro atoms. The van der Waals surface area contributed by atoms with Crippen LogP contribution in [0, 0.1) is 13.8 Å². The molecule has 4 rings (SSSR count). The molecule has 0 saturated heterocycles. The van der Waals surface area contributed by atoms with Crippen LogP contribution in [0.1, 0.15) is 45.0 Å². The molecule has 3 aromatic rings. The van der Waals surface area contributed by atoms with E-state index in [-0.39, 0.29) is 24.3 Å². The lowest BCUT2D eigenvalue weighted by Gasteiger charge is -2.37. The molecule has 2 N–H and O–H groups in total. The van der Waals surface area contributed by atoms with Crippen molar-refractivity contribution in [3.05, 3.63) is 76.3 Å². The maximum absolute atomic E-state index is 13.9. The summed E-state index contributed by atoms with van der Waals surface area (Å²) in [4.78, 5) is 27.2. The zero-order valence-corrected chi connectivity index (χ0v) is 22.7. The number of benzene rings is 3. The molecular weight excluding hydrogens is 526 g/mol. The van der Waals surface area contributed by atoms with Gasteiger partial charge in [0.1, 0.15) is 23.2 Å². The van der Waals surface area contributed by atoms with Gasteiger partial charge in [0.15, 0.2) is 0 Å². The summed E-state index contributed by atoms with van der Waals surface area (Å²) in [6, 6.07) is 13.4. The summed E-state index contributed by atoms with van der Waals surface area (Å²) in [5.41, 5.74) is 3.44. The minimum Gasteiger partial charge on any atom is -0.497 e. The van der Waals surface area contributed by atoms with Gasteiger partial charge in [0.05, 0.1) is 31.2 Å². The summed E-state index contributed by atoms with van der Waals surface area (Å²) in [5, 5.41) is 9.38. The molecule has 0 bridgehead atoms. The van der Waals surface area contributed by atoms with Crippen LogP contribution in [0.4, 0.5) is 11.4 Å². The van der Waals surface area contributed by atoms with Crippen molar-refractivity contribution in [1.29, 1.82) is 0 Å². The van der Waals surface area contributed by atoms with Crippen molar-refractivity contribution >= 4 is 33.4 Å². The number of hydrogen-bond donors (Lipinski definition) is 2. The Kier molecular flexibility index (Phi) is 7.84. The number of carboxylic acid groups (broad SMARTS) is 1. The molecule has 1 aliphatic rings. The Balaban J connectivity index is 1.84. The third kappa shape index (κ3) is 5.69. The number of ether oxygens (including phenoxy) is 3. The first-order valence-corrected chi connectivity index (χ1v) is 13.7. The molecule has 0 saturated carbocycles. The molecule has 39 heavy (non-hydrogen) atoms. The average molecular weight is 556 g/mol. The standard InChI is InChI=1S/C28H29NO9S/c1-16-13-18(27(30)31)14-17(2)26(16)38-28(32)24-20-7-5-8-23(37-4)25(20)29(11-6-12-39(33,34)35)22-10-9-19(36-3)15-21(22)24/h5,7-10,13-15,24H,6,11-12H2,1-4H3,(H,30,31)(H,33,34,35). The Morgan fingerprint density at radius 1 is 0.974 bits per heavy atom. The molecule has 1 heterocycles. The van der Waals surface area contributed by atoms with E-state index in [4.69, 9.17) is 14.2 Å². The third-order valence-electron chi connectivity index (χ3n) is 6.60. The van der Waals surface area contributed by atoms with Crippen molar-refractivity contribution in [2.75, 3.05) is 31.4 Å². The van der Waals surface area contributed by atoms with Gasteiger partial charge in [-0.1, -0.05) is 12.1 Å². The molecule has 1 unspecified atom stereocenters. The molecule has 206 valence electrons. The Labute approximate surface area is 226 Å². The van der Waals surface area contributed by atoms with Gasteiger partial charge < -0.3 is 24.2 Å². The highest BCUT2D eigenvalue weighted by Crippen LogP contribution is 2.51. The lowest BCUT2D eigenvalue weighted by atomic mass is 9.84. The first-order chi connectivity index (χ1) is 18.4. The van der Waals surface area contributed by atoms with Crippen LogP contribution < -0.4 is 19.1 Å². The highest BCUT2D eigenvalue weighted by atomic mass is 32.2. The van der Waals surface area contributed by atoms with E-state index in [1.807, 2.05) is 4.90 Å². The number of rotatable bonds is 9. The van der Waals surface area contributed by atoms with E-state index in [0.29, 0.717) is 45.1 Å². The number of aryl methyl sites for hydroxylation is 2. The van der Waals surface area contributed by atoms with Crippen LogP contribution in [-0.4, -0.2) is 56.5 Å². The van der Waals surface area contributed by atoms with Crippen molar-refractivity contribution in [3.8, 4) is 17.2 Å². The topological polar surface area (TPSA) is 140 Å². The summed E-state index contributed by atoms with van der Waals surface area (Å²) >= 11 is 0. The number of carboxylic acids is 1. The highest BCUT2D eigenvalue weighted by molar-refractivity contribution is 7.85. The second-order valence-corrected chi connectivity index (χ2v) is 10.8. The number of carbonyl (C=O) groups is 2. The Morgan fingerprint density at radius 3 is 2.26 bits per heavy atom. The highest BCUT2D eigenvalue weighted by Gasteiger charge is 2.38. The molecule has 10 nitrogen and oxygen atoms in total. The maximum atomic E-state index is 13.9. The zero-order chi connectivity index (χ0) is 28.5. The summed E-state index contributed by atoms with van der Waals surface area (Å²) < 4.78 is 49.1. The van der Waals surface area contributed by atoms with Gasteiger partial charge in [-0.2, -0.15) is 8.42 Å². The number of fused-ring (bicyclic) bond motifs is 2. The first-order valence-electron chi connectivity index (χ1n) is 12.1. The summed E-state index contributed by atoms with van der Waals surface area (Å²) in [6.07, 6.45) is 0.116. The molecule has 0 fully saturated rings. The zero-order valence-electron chi connectivity index (χ0n) is 21.9. The summed E-state index contributed by atoms with van der Waals surface area (Å²) in [7, 11) is -1.16. The van der Waals surface area contributed by atoms with Crippen LogP contribution in [0.3, 0.4) is 0 Å². The number of hydrogen-bond acceptors (Lipinski definition) is 8. The molecule has 3 aromatic carbocycles. The molecule has 1 atom stereocenters. The second-order valence-electron chi connectivity index (χ2n) is 9.21. The lowest BCUT2D eigenvalue weighted by Crippen LogP contribution is -2.32. The normalized spacial score (nSPS) is 14.3. The number of anilines is 2. The van der Waals surface area contributed by atoms with Gasteiger partial charge in [-0.3, -0.25) is 9.35 Å². The molecular formula is C28H29NO9S. The van der Waals surface area contributed by atoms with Crippen LogP contribution in [-0.2, 0) is 14.9 Å². The van der Waals surface area contributed by atoms with Crippen molar-refractivity contribution in [3.63, 3.8) is 0 Å². The Hall–Kier alpha value is -4.09. The maximum Gasteiger partial charge on any atom is 0.335 e. The predicted octanol–water partition coefficient (Wildman–Crippen LogP) is 4.49. The molecule has 0 aliphatic carbocycles. The van der Waals surface area contributed by atoms with Crippen LogP contribution in [0.15, 0.2) is 48.5 Å². The SMILES string of the molecule is COc1ccc2c(c1)C(C(=O)Oc1c(C)cc(C(=O)O)cc1C)c1cccc(OC)c1N2CCCS(=O)(=O)O. The molecule has 11 heteroatoms. The van der Waals surface area contributed by atoms with E-state index in [1.165, 1.54) is 26.4 Å². The van der Waals surface area contributed by atoms with E-state index >= 15 is 0 Å². The Morgan fingerprint density at radius 2 is 1.67 bits per heavy atom. The predicted molar refractivity (Wildman–Crippen MR) is 144 cm³/mol. The summed E-state index contributed by atoms with van der Waals surface area (Å²) in [5.74, 6) is -1.76. The molecule has 0 aromatic heterocycles. The van der Waals surface area contributed by atoms with Gasteiger partial charge in [0.25, 0.3) is 10.1 Å². The van der Waals surface area contributed by atoms with Crippen LogP contribution in [0.25, 0.3) is 0 Å². The minimum absolute atomic E-state index is 0.0909. The fourth-order valence-electron chi connectivity index (χ4n) is 4.94. The first kappa shape index (κ1) is 27.9. The summed E-state index contributed by atoms with van der Waals surface area (Å²) in [6.45, 7) is 3.56. The number of nitrogens with zero attached hydrogens (tertiary/aromatic N) is 1. The van der Waals surface area contributed by atoms with E-state index in [9.17, 15) is 27.7 Å². The monoisotopic (exact) mass is 555 g/mol. The fourth-order valence-corrected chi connectivity index (χ4v) is 5.43. The second kappa shape index (κ2) is 11.0. The minimum atomic E-state index is -4.17. The number of carbonyl (C=O) groups excluding carboxylic acids is 1. The van der Waals surface area contributed by atoms with Crippen molar-refractivity contribution in [1.82, 2.24) is 0 Å². The average Bonchev–Trinajstić information content (AvgIpc) is 2.88. The fraction of sp³-hybridized carbons (Fsp3) is 0.286. The van der Waals surface area contributed by atoms with Crippen LogP contribution >= 0.6 is 0 Å². The number of para-hydroxylation sites is 1. The van der Waals surface area contributed by atoms with Crippen molar-refractivity contribution < 1.29 is 41.9 Å². The number of aromatic carboxylic acids is 1. The Bertz CT molecular complexity index is 1520. The van der Waals surface area contributed by atoms with Crippen LogP contribution in [0.5, 0.6) is 17.2 Å². The molecule has 0 radical (unpaired) electrons. The van der Waals surface area contributed by atoms with Crippen LogP contribution in [0.2, 0.25) is 0 Å². The number of esters is 1. The van der Waals surface area contributed by atoms with Gasteiger partial charge in [-0.25, -0.2) is 4.79 Å². The van der Waals surface area contributed by atoms with Gasteiger partial charge in [-0.05, 0) is 78.9 Å². The number of methoxy groups -OCH3 is 2. The van der Waals surface area contributed by atoms with Crippen molar-refractivity contribution in [2.45, 2.75) is 26.2 Å². The van der Waals surface area contributed by atoms with Gasteiger partial charge >= 0.3 is 11.9 Å². The molecule has 1 aliphatic heterocycles.